The van der Waals surface area contributed by atoms with Crippen molar-refractivity contribution in [1.82, 2.24) is 4.31 Å². The van der Waals surface area contributed by atoms with Gasteiger partial charge in [-0.1, -0.05) is 59.7 Å². The minimum Gasteiger partial charge on any atom is -0.497 e. The molecule has 0 aromatic heterocycles. The Kier molecular flexibility index (Phi) is 6.20. The molecule has 166 valence electrons. The van der Waals surface area contributed by atoms with Crippen molar-refractivity contribution in [2.45, 2.75) is 24.8 Å². The Labute approximate surface area is 189 Å². The second-order valence-electron chi connectivity index (χ2n) is 8.12. The first-order chi connectivity index (χ1) is 15.3. The molecule has 0 radical (unpaired) electrons. The van der Waals surface area contributed by atoms with Crippen LogP contribution < -0.4 is 4.74 Å². The molecule has 0 spiro atoms. The zero-order valence-corrected chi connectivity index (χ0v) is 19.3. The summed E-state index contributed by atoms with van der Waals surface area (Å²) in [4.78, 5) is 0.234. The summed E-state index contributed by atoms with van der Waals surface area (Å²) >= 11 is 0. The highest BCUT2D eigenvalue weighted by Gasteiger charge is 2.36. The number of rotatable bonds is 5. The van der Waals surface area contributed by atoms with Crippen LogP contribution in [0.15, 0.2) is 83.3 Å². The lowest BCUT2D eigenvalue weighted by atomic mass is 9.91. The summed E-state index contributed by atoms with van der Waals surface area (Å²) in [6, 6.07) is 22.4. The highest BCUT2D eigenvalue weighted by Crippen LogP contribution is 2.35. The van der Waals surface area contributed by atoms with Gasteiger partial charge in [-0.25, -0.2) is 8.42 Å². The number of aryl methyl sites for hydroxylation is 2. The van der Waals surface area contributed by atoms with E-state index in [0.29, 0.717) is 5.57 Å². The van der Waals surface area contributed by atoms with Crippen LogP contribution in [-0.2, 0) is 10.0 Å². The molecule has 1 saturated heterocycles. The van der Waals surface area contributed by atoms with Crippen LogP contribution >= 0.6 is 0 Å². The topological polar surface area (TPSA) is 66.8 Å². The van der Waals surface area contributed by atoms with E-state index < -0.39 is 16.1 Å². The number of ether oxygens (including phenoxy) is 1. The fraction of sp³-hybridized carbons (Fsp3) is 0.231. The summed E-state index contributed by atoms with van der Waals surface area (Å²) in [7, 11) is -2.10. The first kappa shape index (κ1) is 22.3. The fourth-order valence-corrected chi connectivity index (χ4v) is 5.39. The number of methoxy groups -OCH3 is 1. The van der Waals surface area contributed by atoms with Crippen LogP contribution in [0.4, 0.5) is 0 Å². The van der Waals surface area contributed by atoms with Crippen molar-refractivity contribution in [3.63, 3.8) is 0 Å². The van der Waals surface area contributed by atoms with Crippen molar-refractivity contribution < 1.29 is 18.3 Å². The molecule has 1 heterocycles. The quantitative estimate of drug-likeness (QED) is 0.635. The normalized spacial score (nSPS) is 18.6. The van der Waals surface area contributed by atoms with Gasteiger partial charge in [0.05, 0.1) is 18.1 Å². The Morgan fingerprint density at radius 1 is 0.875 bits per heavy atom. The predicted octanol–water partition coefficient (Wildman–Crippen LogP) is 4.18. The van der Waals surface area contributed by atoms with Crippen molar-refractivity contribution in [1.29, 1.82) is 0 Å². The Balaban J connectivity index is 1.79. The standard InChI is InChI=1S/C26H27NO4S/c1-18-4-8-20(9-5-18)26(21-10-12-22(31-3)13-11-21)24-16-27(17-25(24)28)32(29,30)23-14-6-19(2)7-15-23/h4-15,25,28H,16-17H2,1-3H3/b26-24+. The average molecular weight is 450 g/mol. The first-order valence-corrected chi connectivity index (χ1v) is 11.9. The second kappa shape index (κ2) is 8.90. The van der Waals surface area contributed by atoms with Crippen molar-refractivity contribution in [2.75, 3.05) is 20.2 Å². The van der Waals surface area contributed by atoms with E-state index in [-0.39, 0.29) is 18.0 Å². The van der Waals surface area contributed by atoms with E-state index in [4.69, 9.17) is 4.74 Å². The molecule has 32 heavy (non-hydrogen) atoms. The third-order valence-electron chi connectivity index (χ3n) is 5.82. The number of sulfonamides is 1. The second-order valence-corrected chi connectivity index (χ2v) is 10.1. The van der Waals surface area contributed by atoms with Gasteiger partial charge in [0.1, 0.15) is 5.75 Å². The summed E-state index contributed by atoms with van der Waals surface area (Å²) in [5.74, 6) is 0.734. The van der Waals surface area contributed by atoms with Gasteiger partial charge in [-0.2, -0.15) is 4.31 Å². The van der Waals surface area contributed by atoms with Crippen LogP contribution in [0.3, 0.4) is 0 Å². The van der Waals surface area contributed by atoms with Gasteiger partial charge in [0.25, 0.3) is 0 Å². The molecule has 1 unspecified atom stereocenters. The zero-order valence-electron chi connectivity index (χ0n) is 18.4. The smallest absolute Gasteiger partial charge is 0.243 e. The molecule has 1 fully saturated rings. The largest absolute Gasteiger partial charge is 0.497 e. The summed E-state index contributed by atoms with van der Waals surface area (Å²) in [5, 5.41) is 11.0. The number of aliphatic hydroxyl groups excluding tert-OH is 1. The predicted molar refractivity (Wildman–Crippen MR) is 126 cm³/mol. The van der Waals surface area contributed by atoms with Crippen molar-refractivity contribution in [3.05, 3.63) is 101 Å². The van der Waals surface area contributed by atoms with Crippen LogP contribution in [0.5, 0.6) is 5.75 Å². The lowest BCUT2D eigenvalue weighted by Crippen LogP contribution is -2.29. The van der Waals surface area contributed by atoms with E-state index in [1.807, 2.05) is 62.4 Å². The highest BCUT2D eigenvalue weighted by atomic mass is 32.2. The molecule has 0 bridgehead atoms. The molecule has 1 N–H and O–H groups in total. The van der Waals surface area contributed by atoms with E-state index in [0.717, 1.165) is 33.6 Å². The van der Waals surface area contributed by atoms with Gasteiger partial charge in [-0.3, -0.25) is 0 Å². The number of nitrogens with zero attached hydrogens (tertiary/aromatic N) is 1. The molecule has 4 rings (SSSR count). The maximum atomic E-state index is 13.2. The molecule has 1 aliphatic rings. The van der Waals surface area contributed by atoms with E-state index in [2.05, 4.69) is 0 Å². The Morgan fingerprint density at radius 3 is 1.91 bits per heavy atom. The number of aliphatic hydroxyl groups is 1. The lowest BCUT2D eigenvalue weighted by Gasteiger charge is -2.17. The van der Waals surface area contributed by atoms with E-state index >= 15 is 0 Å². The van der Waals surface area contributed by atoms with Gasteiger partial charge in [-0.15, -0.1) is 0 Å². The van der Waals surface area contributed by atoms with Crippen molar-refractivity contribution in [2.24, 2.45) is 0 Å². The fourth-order valence-electron chi connectivity index (χ4n) is 3.97. The molecule has 1 atom stereocenters. The van der Waals surface area contributed by atoms with Gasteiger partial charge < -0.3 is 9.84 Å². The van der Waals surface area contributed by atoms with E-state index in [1.165, 1.54) is 4.31 Å². The molecule has 6 heteroatoms. The summed E-state index contributed by atoms with van der Waals surface area (Å²) < 4.78 is 33.1. The first-order valence-electron chi connectivity index (χ1n) is 10.5. The Morgan fingerprint density at radius 2 is 1.38 bits per heavy atom. The molecular formula is C26H27NO4S. The van der Waals surface area contributed by atoms with Gasteiger partial charge in [0.2, 0.25) is 10.0 Å². The molecule has 3 aromatic rings. The van der Waals surface area contributed by atoms with Crippen LogP contribution in [-0.4, -0.2) is 44.1 Å². The van der Waals surface area contributed by atoms with Crippen LogP contribution in [0.25, 0.3) is 5.57 Å². The molecule has 0 aliphatic carbocycles. The molecular weight excluding hydrogens is 422 g/mol. The maximum Gasteiger partial charge on any atom is 0.243 e. The maximum absolute atomic E-state index is 13.2. The van der Waals surface area contributed by atoms with Gasteiger partial charge >= 0.3 is 0 Å². The molecule has 1 aliphatic heterocycles. The van der Waals surface area contributed by atoms with Crippen LogP contribution in [0, 0.1) is 13.8 Å². The molecule has 0 saturated carbocycles. The zero-order chi connectivity index (χ0) is 22.9. The van der Waals surface area contributed by atoms with Gasteiger partial charge in [0.15, 0.2) is 0 Å². The molecule has 3 aromatic carbocycles. The molecule has 0 amide bonds. The van der Waals surface area contributed by atoms with Crippen LogP contribution in [0.1, 0.15) is 22.3 Å². The summed E-state index contributed by atoms with van der Waals surface area (Å²) in [6.45, 7) is 4.09. The summed E-state index contributed by atoms with van der Waals surface area (Å²) in [5.41, 5.74) is 5.50. The average Bonchev–Trinajstić information content (AvgIpc) is 3.18. The van der Waals surface area contributed by atoms with Crippen molar-refractivity contribution in [3.8, 4) is 5.75 Å². The van der Waals surface area contributed by atoms with Gasteiger partial charge in [0, 0.05) is 13.1 Å². The number of hydrogen-bond acceptors (Lipinski definition) is 4. The minimum absolute atomic E-state index is 0.0249. The van der Waals surface area contributed by atoms with Crippen LogP contribution in [0.2, 0.25) is 0 Å². The number of benzene rings is 3. The SMILES string of the molecule is COc1ccc(/C(=C2\CN(S(=O)(=O)c3ccc(C)cc3)CC2O)c2ccc(C)cc2)cc1. The number of β-amino-alcohol motifs (C(OH)–C–C–N with tert-alkyl or cyclic N) is 1. The number of hydrogen-bond donors (Lipinski definition) is 1. The Bertz CT molecular complexity index is 1230. The third kappa shape index (κ3) is 4.35. The van der Waals surface area contributed by atoms with E-state index in [9.17, 15) is 13.5 Å². The highest BCUT2D eigenvalue weighted by molar-refractivity contribution is 7.89. The minimum atomic E-state index is -3.72. The van der Waals surface area contributed by atoms with Crippen molar-refractivity contribution >= 4 is 15.6 Å². The Hall–Kier alpha value is -2.93. The lowest BCUT2D eigenvalue weighted by molar-refractivity contribution is 0.217. The third-order valence-corrected chi connectivity index (χ3v) is 7.65. The summed E-state index contributed by atoms with van der Waals surface area (Å²) in [6.07, 6.45) is -0.895. The monoisotopic (exact) mass is 449 g/mol. The molecule has 5 nitrogen and oxygen atoms in total. The van der Waals surface area contributed by atoms with Gasteiger partial charge in [-0.05, 0) is 60.4 Å². The van der Waals surface area contributed by atoms with E-state index in [1.54, 1.807) is 31.4 Å².